The van der Waals surface area contributed by atoms with Gasteiger partial charge in [0.1, 0.15) is 16.8 Å². The van der Waals surface area contributed by atoms with Gasteiger partial charge < -0.3 is 4.74 Å². The van der Waals surface area contributed by atoms with Gasteiger partial charge in [-0.05, 0) is 12.1 Å². The number of hydrogen-bond acceptors (Lipinski definition) is 6. The number of hydrogen-bond donors (Lipinski definition) is 0. The molecular weight excluding hydrogens is 300 g/mol. The van der Waals surface area contributed by atoms with Gasteiger partial charge in [0.15, 0.2) is 6.61 Å². The highest BCUT2D eigenvalue weighted by molar-refractivity contribution is 7.91. The number of likely N-dealkylation sites (N-methyl/N-ethyl adjacent to an activating group) is 1. The van der Waals surface area contributed by atoms with Crippen LogP contribution in [0.2, 0.25) is 4.34 Å². The Hall–Kier alpha value is -1.14. The van der Waals surface area contributed by atoms with Gasteiger partial charge >= 0.3 is 5.97 Å². The molecular formula is C9H9ClN2O4S2. The van der Waals surface area contributed by atoms with Crippen LogP contribution < -0.4 is 0 Å². The largest absolute Gasteiger partial charge is 0.449 e. The highest BCUT2D eigenvalue weighted by atomic mass is 35.5. The molecule has 0 bridgehead atoms. The van der Waals surface area contributed by atoms with Gasteiger partial charge in [-0.2, -0.15) is 9.57 Å². The minimum atomic E-state index is -3.75. The van der Waals surface area contributed by atoms with Crippen molar-refractivity contribution in [3.05, 3.63) is 16.5 Å². The summed E-state index contributed by atoms with van der Waals surface area (Å²) in [5.41, 5.74) is 0. The third-order valence-electron chi connectivity index (χ3n) is 1.86. The molecule has 1 rings (SSSR count). The molecule has 0 atom stereocenters. The molecule has 0 fully saturated rings. The third kappa shape index (κ3) is 3.68. The monoisotopic (exact) mass is 308 g/mol. The SMILES string of the molecule is CN(CC(=O)OCC#N)S(=O)(=O)c1ccc(Cl)s1. The summed E-state index contributed by atoms with van der Waals surface area (Å²) in [5, 5.41) is 8.22. The topological polar surface area (TPSA) is 87.5 Å². The Morgan fingerprint density at radius 2 is 2.28 bits per heavy atom. The first-order valence-electron chi connectivity index (χ1n) is 4.62. The van der Waals surface area contributed by atoms with Crippen LogP contribution in [0.25, 0.3) is 0 Å². The predicted molar refractivity (Wildman–Crippen MR) is 65.7 cm³/mol. The van der Waals surface area contributed by atoms with Crippen molar-refractivity contribution in [1.82, 2.24) is 4.31 Å². The molecule has 6 nitrogen and oxygen atoms in total. The van der Waals surface area contributed by atoms with Crippen LogP contribution >= 0.6 is 22.9 Å². The van der Waals surface area contributed by atoms with Crippen molar-refractivity contribution < 1.29 is 17.9 Å². The molecule has 1 heterocycles. The Kier molecular flexibility index (Phi) is 5.10. The predicted octanol–water partition coefficient (Wildman–Crippen LogP) is 1.09. The number of carbonyl (C=O) groups is 1. The van der Waals surface area contributed by atoms with E-state index < -0.39 is 29.1 Å². The van der Waals surface area contributed by atoms with Crippen molar-refractivity contribution in [2.24, 2.45) is 0 Å². The molecule has 0 saturated carbocycles. The normalized spacial score (nSPS) is 11.2. The Balaban J connectivity index is 2.75. The van der Waals surface area contributed by atoms with E-state index in [1.807, 2.05) is 0 Å². The average Bonchev–Trinajstić information content (AvgIpc) is 2.73. The van der Waals surface area contributed by atoms with E-state index in [4.69, 9.17) is 16.9 Å². The van der Waals surface area contributed by atoms with Crippen LogP contribution in [0.15, 0.2) is 16.3 Å². The van der Waals surface area contributed by atoms with Gasteiger partial charge in [-0.25, -0.2) is 8.42 Å². The molecule has 0 radical (unpaired) electrons. The van der Waals surface area contributed by atoms with Gasteiger partial charge in [0.05, 0.1) is 4.34 Å². The van der Waals surface area contributed by atoms with E-state index in [2.05, 4.69) is 4.74 Å². The van der Waals surface area contributed by atoms with Gasteiger partial charge in [0.2, 0.25) is 0 Å². The highest BCUT2D eigenvalue weighted by Crippen LogP contribution is 2.27. The average molecular weight is 309 g/mol. The summed E-state index contributed by atoms with van der Waals surface area (Å²) < 4.78 is 29.6. The van der Waals surface area contributed by atoms with Gasteiger partial charge in [-0.1, -0.05) is 11.6 Å². The summed E-state index contributed by atoms with van der Waals surface area (Å²) in [7, 11) is -2.51. The molecule has 0 aliphatic rings. The molecule has 0 saturated heterocycles. The Morgan fingerprint density at radius 1 is 1.61 bits per heavy atom. The maximum atomic E-state index is 12.0. The molecule has 0 aliphatic heterocycles. The third-order valence-corrected chi connectivity index (χ3v) is 5.36. The summed E-state index contributed by atoms with van der Waals surface area (Å²) >= 11 is 6.55. The summed E-state index contributed by atoms with van der Waals surface area (Å²) in [4.78, 5) is 11.2. The molecule has 0 amide bonds. The summed E-state index contributed by atoms with van der Waals surface area (Å²) in [6.45, 7) is -0.864. The van der Waals surface area contributed by atoms with Crippen LogP contribution in [0.4, 0.5) is 0 Å². The van der Waals surface area contributed by atoms with Crippen LogP contribution in [0.5, 0.6) is 0 Å². The van der Waals surface area contributed by atoms with Crippen molar-refractivity contribution in [3.8, 4) is 6.07 Å². The van der Waals surface area contributed by atoms with E-state index in [0.29, 0.717) is 4.34 Å². The molecule has 9 heteroatoms. The number of nitrogens with zero attached hydrogens (tertiary/aromatic N) is 2. The van der Waals surface area contributed by atoms with Crippen molar-refractivity contribution >= 4 is 38.9 Å². The first-order valence-corrected chi connectivity index (χ1v) is 7.25. The molecule has 1 aromatic rings. The lowest BCUT2D eigenvalue weighted by molar-refractivity contribution is -0.142. The number of halogens is 1. The zero-order valence-corrected chi connectivity index (χ0v) is 11.7. The minimum absolute atomic E-state index is 0.0445. The first-order chi connectivity index (χ1) is 8.37. The van der Waals surface area contributed by atoms with E-state index in [-0.39, 0.29) is 4.21 Å². The van der Waals surface area contributed by atoms with Crippen LogP contribution in [-0.2, 0) is 19.6 Å². The second-order valence-corrected chi connectivity index (χ2v) is 7.13. The number of ether oxygens (including phenoxy) is 1. The molecule has 98 valence electrons. The quantitative estimate of drug-likeness (QED) is 0.760. The number of sulfonamides is 1. The van der Waals surface area contributed by atoms with Crippen molar-refractivity contribution in [3.63, 3.8) is 0 Å². The number of nitriles is 1. The van der Waals surface area contributed by atoms with Crippen LogP contribution in [-0.4, -0.2) is 38.9 Å². The first kappa shape index (κ1) is 14.9. The zero-order valence-electron chi connectivity index (χ0n) is 9.29. The van der Waals surface area contributed by atoms with E-state index in [9.17, 15) is 13.2 Å². The maximum absolute atomic E-state index is 12.0. The number of esters is 1. The number of thiophene rings is 1. The molecule has 0 unspecified atom stereocenters. The number of rotatable bonds is 5. The minimum Gasteiger partial charge on any atom is -0.449 e. The molecule has 0 aliphatic carbocycles. The smallest absolute Gasteiger partial charge is 0.322 e. The van der Waals surface area contributed by atoms with Crippen LogP contribution in [0, 0.1) is 11.3 Å². The van der Waals surface area contributed by atoms with Gasteiger partial charge in [-0.15, -0.1) is 11.3 Å². The fraction of sp³-hybridized carbons (Fsp3) is 0.333. The lowest BCUT2D eigenvalue weighted by atomic mass is 10.6. The summed E-state index contributed by atoms with van der Waals surface area (Å²) in [6, 6.07) is 4.44. The lowest BCUT2D eigenvalue weighted by Gasteiger charge is -2.14. The molecule has 0 spiro atoms. The Morgan fingerprint density at radius 3 is 2.78 bits per heavy atom. The lowest BCUT2D eigenvalue weighted by Crippen LogP contribution is -2.32. The second kappa shape index (κ2) is 6.15. The molecule has 18 heavy (non-hydrogen) atoms. The summed E-state index contributed by atoms with van der Waals surface area (Å²) in [5.74, 6) is -0.787. The van der Waals surface area contributed by atoms with E-state index in [1.165, 1.54) is 19.2 Å². The van der Waals surface area contributed by atoms with E-state index in [0.717, 1.165) is 15.6 Å². The van der Waals surface area contributed by atoms with Crippen LogP contribution in [0.3, 0.4) is 0 Å². The van der Waals surface area contributed by atoms with E-state index >= 15 is 0 Å². The molecule has 0 aromatic carbocycles. The zero-order chi connectivity index (χ0) is 13.8. The highest BCUT2D eigenvalue weighted by Gasteiger charge is 2.25. The Bertz CT molecular complexity index is 576. The van der Waals surface area contributed by atoms with E-state index in [1.54, 1.807) is 6.07 Å². The van der Waals surface area contributed by atoms with Crippen molar-refractivity contribution in [1.29, 1.82) is 5.26 Å². The maximum Gasteiger partial charge on any atom is 0.322 e. The second-order valence-electron chi connectivity index (χ2n) is 3.14. The van der Waals surface area contributed by atoms with Crippen molar-refractivity contribution in [2.75, 3.05) is 20.2 Å². The van der Waals surface area contributed by atoms with Crippen LogP contribution in [0.1, 0.15) is 0 Å². The van der Waals surface area contributed by atoms with Gasteiger partial charge in [0.25, 0.3) is 10.0 Å². The molecule has 0 N–H and O–H groups in total. The van der Waals surface area contributed by atoms with Crippen molar-refractivity contribution in [2.45, 2.75) is 4.21 Å². The standard InChI is InChI=1S/C9H9ClN2O4S2/c1-12(6-8(13)16-5-4-11)18(14,15)9-3-2-7(10)17-9/h2-3H,5-6H2,1H3. The van der Waals surface area contributed by atoms with Gasteiger partial charge in [-0.3, -0.25) is 4.79 Å². The van der Waals surface area contributed by atoms with Gasteiger partial charge in [0, 0.05) is 7.05 Å². The Labute approximate surface area is 113 Å². The number of carbonyl (C=O) groups excluding carboxylic acids is 1. The molecule has 1 aromatic heterocycles. The summed E-state index contributed by atoms with van der Waals surface area (Å²) in [6.07, 6.45) is 0. The fourth-order valence-electron chi connectivity index (χ4n) is 1.02. The fourth-order valence-corrected chi connectivity index (χ4v) is 3.82.